The SMILES string of the molecule is CCCCC1CCC(C(CCc2nccn2C)NN)CC1. The Hall–Kier alpha value is -0.870. The molecule has 2 rings (SSSR count). The number of nitrogens with two attached hydrogens (primary N) is 1. The molecule has 0 aliphatic heterocycles. The molecule has 0 aromatic carbocycles. The van der Waals surface area contributed by atoms with Crippen molar-refractivity contribution >= 4 is 0 Å². The molecule has 0 amide bonds. The number of nitrogens with one attached hydrogen (secondary N) is 1. The number of hydrogen-bond acceptors (Lipinski definition) is 3. The summed E-state index contributed by atoms with van der Waals surface area (Å²) in [5.74, 6) is 8.69. The summed E-state index contributed by atoms with van der Waals surface area (Å²) in [4.78, 5) is 4.41. The first-order chi connectivity index (χ1) is 10.2. The fourth-order valence-electron chi connectivity index (χ4n) is 3.75. The van der Waals surface area contributed by atoms with E-state index in [4.69, 9.17) is 5.84 Å². The predicted molar refractivity (Wildman–Crippen MR) is 87.6 cm³/mol. The summed E-state index contributed by atoms with van der Waals surface area (Å²) in [5, 5.41) is 0. The van der Waals surface area contributed by atoms with Gasteiger partial charge in [-0.3, -0.25) is 11.3 Å². The van der Waals surface area contributed by atoms with E-state index in [1.807, 2.05) is 12.4 Å². The fourth-order valence-corrected chi connectivity index (χ4v) is 3.75. The van der Waals surface area contributed by atoms with Gasteiger partial charge in [0.1, 0.15) is 5.82 Å². The minimum Gasteiger partial charge on any atom is -0.338 e. The van der Waals surface area contributed by atoms with E-state index in [1.165, 1.54) is 44.9 Å². The minimum absolute atomic E-state index is 0.439. The van der Waals surface area contributed by atoms with Gasteiger partial charge in [0.25, 0.3) is 0 Å². The van der Waals surface area contributed by atoms with E-state index in [1.54, 1.807) is 0 Å². The number of aromatic nitrogens is 2. The summed E-state index contributed by atoms with van der Waals surface area (Å²) in [6.45, 7) is 2.29. The van der Waals surface area contributed by atoms with Crippen LogP contribution >= 0.6 is 0 Å². The Labute approximate surface area is 129 Å². The third-order valence-electron chi connectivity index (χ3n) is 5.24. The number of aryl methyl sites for hydroxylation is 2. The van der Waals surface area contributed by atoms with Gasteiger partial charge < -0.3 is 4.57 Å². The zero-order valence-corrected chi connectivity index (χ0v) is 13.7. The minimum atomic E-state index is 0.439. The molecule has 1 aromatic rings. The first-order valence-corrected chi connectivity index (χ1v) is 8.66. The molecule has 1 aliphatic carbocycles. The summed E-state index contributed by atoms with van der Waals surface area (Å²) in [6.07, 6.45) is 15.6. The molecular weight excluding hydrogens is 260 g/mol. The van der Waals surface area contributed by atoms with Crippen molar-refractivity contribution < 1.29 is 0 Å². The highest BCUT2D eigenvalue weighted by atomic mass is 15.2. The van der Waals surface area contributed by atoms with Crippen molar-refractivity contribution in [1.82, 2.24) is 15.0 Å². The van der Waals surface area contributed by atoms with E-state index >= 15 is 0 Å². The number of hydrogen-bond donors (Lipinski definition) is 2. The van der Waals surface area contributed by atoms with Crippen LogP contribution in [0.1, 0.15) is 64.1 Å². The third-order valence-corrected chi connectivity index (χ3v) is 5.24. The second kappa shape index (κ2) is 8.54. The molecule has 1 atom stereocenters. The van der Waals surface area contributed by atoms with Gasteiger partial charge in [0.15, 0.2) is 0 Å². The summed E-state index contributed by atoms with van der Waals surface area (Å²) in [7, 11) is 2.06. The highest BCUT2D eigenvalue weighted by Gasteiger charge is 2.26. The molecule has 0 bridgehead atoms. The second-order valence-electron chi connectivity index (χ2n) is 6.69. The van der Waals surface area contributed by atoms with Gasteiger partial charge in [-0.1, -0.05) is 39.0 Å². The zero-order valence-electron chi connectivity index (χ0n) is 13.7. The van der Waals surface area contributed by atoms with Gasteiger partial charge in [0.05, 0.1) is 0 Å². The van der Waals surface area contributed by atoms with E-state index in [0.29, 0.717) is 6.04 Å². The van der Waals surface area contributed by atoms with Gasteiger partial charge >= 0.3 is 0 Å². The van der Waals surface area contributed by atoms with Crippen molar-refractivity contribution in [2.45, 2.75) is 70.8 Å². The molecule has 1 unspecified atom stereocenters. The first-order valence-electron chi connectivity index (χ1n) is 8.66. The van der Waals surface area contributed by atoms with Gasteiger partial charge in [-0.2, -0.15) is 0 Å². The number of unbranched alkanes of at least 4 members (excludes halogenated alkanes) is 1. The fraction of sp³-hybridized carbons (Fsp3) is 0.824. The highest BCUT2D eigenvalue weighted by Crippen LogP contribution is 2.34. The number of nitrogens with zero attached hydrogens (tertiary/aromatic N) is 2. The Kier molecular flexibility index (Phi) is 6.71. The summed E-state index contributed by atoms with van der Waals surface area (Å²) in [6, 6.07) is 0.439. The van der Waals surface area contributed by atoms with E-state index in [9.17, 15) is 0 Å². The predicted octanol–water partition coefficient (Wildman–Crippen LogP) is 3.18. The average molecular weight is 292 g/mol. The van der Waals surface area contributed by atoms with Gasteiger partial charge in [-0.05, 0) is 31.1 Å². The topological polar surface area (TPSA) is 55.9 Å². The van der Waals surface area contributed by atoms with Crippen LogP contribution in [0, 0.1) is 11.8 Å². The monoisotopic (exact) mass is 292 g/mol. The Morgan fingerprint density at radius 2 is 2.14 bits per heavy atom. The molecule has 0 radical (unpaired) electrons. The number of hydrazine groups is 1. The molecule has 1 aliphatic rings. The third kappa shape index (κ3) is 4.82. The van der Waals surface area contributed by atoms with Crippen LogP contribution < -0.4 is 11.3 Å². The maximum absolute atomic E-state index is 5.82. The molecule has 0 saturated heterocycles. The largest absolute Gasteiger partial charge is 0.338 e. The van der Waals surface area contributed by atoms with Crippen LogP contribution in [-0.4, -0.2) is 15.6 Å². The summed E-state index contributed by atoms with van der Waals surface area (Å²) >= 11 is 0. The van der Waals surface area contributed by atoms with Crippen LogP contribution in [0.3, 0.4) is 0 Å². The number of rotatable bonds is 8. The maximum Gasteiger partial charge on any atom is 0.108 e. The van der Waals surface area contributed by atoms with E-state index in [2.05, 4.69) is 28.9 Å². The van der Waals surface area contributed by atoms with Crippen LogP contribution in [0.2, 0.25) is 0 Å². The van der Waals surface area contributed by atoms with Crippen molar-refractivity contribution in [2.24, 2.45) is 24.7 Å². The van der Waals surface area contributed by atoms with Crippen LogP contribution in [-0.2, 0) is 13.5 Å². The van der Waals surface area contributed by atoms with Crippen molar-refractivity contribution in [3.63, 3.8) is 0 Å². The Balaban J connectivity index is 1.76. The Morgan fingerprint density at radius 3 is 2.71 bits per heavy atom. The molecule has 120 valence electrons. The normalized spacial score (nSPS) is 24.1. The van der Waals surface area contributed by atoms with E-state index in [-0.39, 0.29) is 0 Å². The molecule has 0 spiro atoms. The lowest BCUT2D eigenvalue weighted by Crippen LogP contribution is -2.42. The lowest BCUT2D eigenvalue weighted by atomic mass is 9.76. The second-order valence-corrected chi connectivity index (χ2v) is 6.69. The molecule has 1 fully saturated rings. The maximum atomic E-state index is 5.82. The van der Waals surface area contributed by atoms with Gasteiger partial charge in [0.2, 0.25) is 0 Å². The van der Waals surface area contributed by atoms with Crippen molar-refractivity contribution in [2.75, 3.05) is 0 Å². The van der Waals surface area contributed by atoms with Crippen molar-refractivity contribution in [3.8, 4) is 0 Å². The van der Waals surface area contributed by atoms with E-state index < -0.39 is 0 Å². The van der Waals surface area contributed by atoms with Crippen molar-refractivity contribution in [3.05, 3.63) is 18.2 Å². The molecule has 21 heavy (non-hydrogen) atoms. The Bertz CT molecular complexity index is 393. The first kappa shape index (κ1) is 16.5. The smallest absolute Gasteiger partial charge is 0.108 e. The van der Waals surface area contributed by atoms with Gasteiger partial charge in [-0.25, -0.2) is 4.98 Å². The lowest BCUT2D eigenvalue weighted by molar-refractivity contribution is 0.206. The van der Waals surface area contributed by atoms with Crippen LogP contribution in [0.5, 0.6) is 0 Å². The van der Waals surface area contributed by atoms with Crippen LogP contribution in [0.4, 0.5) is 0 Å². The standard InChI is InChI=1S/C17H32N4/c1-3-4-5-14-6-8-15(9-7-14)16(20-18)10-11-17-19-12-13-21(17)2/h12-16,20H,3-11,18H2,1-2H3. The molecular formula is C17H32N4. The highest BCUT2D eigenvalue weighted by molar-refractivity contribution is 4.93. The van der Waals surface area contributed by atoms with Gasteiger partial charge in [-0.15, -0.1) is 0 Å². The molecule has 1 heterocycles. The quantitative estimate of drug-likeness (QED) is 0.571. The van der Waals surface area contributed by atoms with Crippen molar-refractivity contribution in [1.29, 1.82) is 0 Å². The molecule has 4 heteroatoms. The molecule has 4 nitrogen and oxygen atoms in total. The summed E-state index contributed by atoms with van der Waals surface area (Å²) < 4.78 is 2.11. The number of imidazole rings is 1. The lowest BCUT2D eigenvalue weighted by Gasteiger charge is -2.33. The summed E-state index contributed by atoms with van der Waals surface area (Å²) in [5.41, 5.74) is 3.07. The van der Waals surface area contributed by atoms with Gasteiger partial charge in [0, 0.05) is 31.9 Å². The average Bonchev–Trinajstić information content (AvgIpc) is 2.92. The molecule has 1 saturated carbocycles. The molecule has 1 aromatic heterocycles. The zero-order chi connectivity index (χ0) is 15.1. The van der Waals surface area contributed by atoms with Crippen LogP contribution in [0.25, 0.3) is 0 Å². The molecule has 3 N–H and O–H groups in total. The Morgan fingerprint density at radius 1 is 1.38 bits per heavy atom. The van der Waals surface area contributed by atoms with E-state index in [0.717, 1.165) is 30.5 Å². The van der Waals surface area contributed by atoms with Crippen LogP contribution in [0.15, 0.2) is 12.4 Å².